The quantitative estimate of drug-likeness (QED) is 0.391. The number of fused-ring (bicyclic) bond motifs is 2. The lowest BCUT2D eigenvalue weighted by molar-refractivity contribution is -0.110. The Morgan fingerprint density at radius 1 is 1.23 bits per heavy atom. The summed E-state index contributed by atoms with van der Waals surface area (Å²) in [5, 5.41) is 2.49. The minimum Gasteiger partial charge on any atom is -0.448 e. The average Bonchev–Trinajstić information content (AvgIpc) is 3.33. The second kappa shape index (κ2) is 11.1. The Hall–Kier alpha value is -3.64. The fraction of sp³-hybridized carbons (Fsp3) is 0.481. The van der Waals surface area contributed by atoms with E-state index in [4.69, 9.17) is 30.5 Å². The molecule has 0 spiro atoms. The summed E-state index contributed by atoms with van der Waals surface area (Å²) in [6.45, 7) is 5.32. The number of carbonyl (C=O) groups excluding carboxylic acids is 3. The topological polar surface area (TPSA) is 125 Å². The number of benzene rings is 1. The number of nitrogens with one attached hydrogen (secondary N) is 1. The Balaban J connectivity index is 1.55. The largest absolute Gasteiger partial charge is 0.511 e. The summed E-state index contributed by atoms with van der Waals surface area (Å²) in [6, 6.07) is 4.04. The number of amides is 2. The van der Waals surface area contributed by atoms with E-state index in [2.05, 4.69) is 5.32 Å². The molecular weight excluding hydrogens is 549 g/mol. The summed E-state index contributed by atoms with van der Waals surface area (Å²) in [6.07, 6.45) is -1.89. The highest BCUT2D eigenvalue weighted by Gasteiger charge is 2.48. The van der Waals surface area contributed by atoms with Crippen molar-refractivity contribution in [1.29, 1.82) is 0 Å². The summed E-state index contributed by atoms with van der Waals surface area (Å²) in [4.78, 5) is 54.6. The molecule has 214 valence electrons. The van der Waals surface area contributed by atoms with Gasteiger partial charge in [-0.05, 0) is 39.2 Å². The highest BCUT2D eigenvalue weighted by atomic mass is 35.5. The van der Waals surface area contributed by atoms with Gasteiger partial charge in [-0.15, -0.1) is 0 Å². The van der Waals surface area contributed by atoms with Gasteiger partial charge < -0.3 is 33.7 Å². The van der Waals surface area contributed by atoms with Crippen LogP contribution in [-0.2, 0) is 27.2 Å². The third-order valence-corrected chi connectivity index (χ3v) is 7.28. The van der Waals surface area contributed by atoms with E-state index < -0.39 is 53.6 Å². The number of rotatable bonds is 7. The molecule has 3 aliphatic heterocycles. The van der Waals surface area contributed by atoms with Crippen molar-refractivity contribution < 1.29 is 37.7 Å². The van der Waals surface area contributed by atoms with Crippen LogP contribution in [0.15, 0.2) is 23.0 Å². The predicted octanol–water partition coefficient (Wildman–Crippen LogP) is 3.55. The van der Waals surface area contributed by atoms with Crippen molar-refractivity contribution in [3.8, 4) is 5.75 Å². The Kier molecular flexibility index (Phi) is 7.74. The van der Waals surface area contributed by atoms with Crippen LogP contribution in [0, 0.1) is 5.82 Å². The SMILES string of the molecule is CC(C)OC(=O)OC(C)Oc1c2n3c(c(C(=O)NCc4cccc(Cl)c4F)c1=O)CC[C@@H]3[C@@H]1OCCCN1C2=O. The summed E-state index contributed by atoms with van der Waals surface area (Å²) in [5.41, 5.74) is -0.622. The minimum atomic E-state index is -1.33. The normalized spacial score (nSPS) is 20.1. The Bertz CT molecular complexity index is 1430. The lowest BCUT2D eigenvalue weighted by atomic mass is 10.1. The second-order valence-corrected chi connectivity index (χ2v) is 10.4. The van der Waals surface area contributed by atoms with Crippen molar-refractivity contribution in [3.63, 3.8) is 0 Å². The first kappa shape index (κ1) is 27.9. The van der Waals surface area contributed by atoms with Crippen molar-refractivity contribution >= 4 is 29.6 Å². The molecule has 0 aliphatic carbocycles. The van der Waals surface area contributed by atoms with Gasteiger partial charge in [-0.25, -0.2) is 9.18 Å². The van der Waals surface area contributed by atoms with Gasteiger partial charge in [0.2, 0.25) is 17.5 Å². The van der Waals surface area contributed by atoms with Crippen molar-refractivity contribution in [2.24, 2.45) is 0 Å². The highest BCUT2D eigenvalue weighted by molar-refractivity contribution is 6.30. The summed E-state index contributed by atoms with van der Waals surface area (Å²) in [7, 11) is 0. The number of ether oxygens (including phenoxy) is 4. The van der Waals surface area contributed by atoms with E-state index in [1.807, 2.05) is 0 Å². The van der Waals surface area contributed by atoms with E-state index >= 15 is 0 Å². The average molecular weight is 578 g/mol. The van der Waals surface area contributed by atoms with Crippen LogP contribution in [-0.4, -0.2) is 59.2 Å². The van der Waals surface area contributed by atoms with Crippen LogP contribution in [0.25, 0.3) is 0 Å². The molecular formula is C27H29ClFN3O8. The van der Waals surface area contributed by atoms with Crippen molar-refractivity contribution in [2.75, 3.05) is 13.2 Å². The molecule has 1 fully saturated rings. The van der Waals surface area contributed by atoms with Crippen molar-refractivity contribution in [3.05, 3.63) is 61.8 Å². The summed E-state index contributed by atoms with van der Waals surface area (Å²) >= 11 is 5.86. The highest BCUT2D eigenvalue weighted by Crippen LogP contribution is 2.42. The Labute approximate surface area is 234 Å². The van der Waals surface area contributed by atoms with Gasteiger partial charge in [-0.1, -0.05) is 23.7 Å². The van der Waals surface area contributed by atoms with Gasteiger partial charge in [0.15, 0.2) is 11.9 Å². The van der Waals surface area contributed by atoms with E-state index in [-0.39, 0.29) is 34.4 Å². The molecule has 1 saturated heterocycles. The van der Waals surface area contributed by atoms with Crippen LogP contribution in [0.4, 0.5) is 9.18 Å². The molecule has 1 aromatic heterocycles. The van der Waals surface area contributed by atoms with Crippen LogP contribution < -0.4 is 15.5 Å². The molecule has 1 unspecified atom stereocenters. The zero-order valence-corrected chi connectivity index (χ0v) is 23.0. The zero-order valence-electron chi connectivity index (χ0n) is 22.2. The molecule has 0 saturated carbocycles. The van der Waals surface area contributed by atoms with Crippen LogP contribution in [0.2, 0.25) is 5.02 Å². The third kappa shape index (κ3) is 5.01. The molecule has 3 atom stereocenters. The van der Waals surface area contributed by atoms with Gasteiger partial charge in [0, 0.05) is 31.3 Å². The smallest absolute Gasteiger partial charge is 0.448 e. The van der Waals surface area contributed by atoms with E-state index in [0.717, 1.165) is 0 Å². The molecule has 13 heteroatoms. The van der Waals surface area contributed by atoms with Gasteiger partial charge in [-0.3, -0.25) is 14.4 Å². The molecule has 3 aliphatic rings. The summed E-state index contributed by atoms with van der Waals surface area (Å²) in [5.74, 6) is -2.36. The molecule has 1 N–H and O–H groups in total. The maximum absolute atomic E-state index is 14.4. The predicted molar refractivity (Wildman–Crippen MR) is 139 cm³/mol. The fourth-order valence-electron chi connectivity index (χ4n) is 5.38. The lowest BCUT2D eigenvalue weighted by Gasteiger charge is -2.44. The summed E-state index contributed by atoms with van der Waals surface area (Å²) < 4.78 is 37.9. The molecule has 1 aromatic carbocycles. The molecule has 2 amide bonds. The fourth-order valence-corrected chi connectivity index (χ4v) is 5.57. The number of carbonyl (C=O) groups is 3. The number of hydrogen-bond acceptors (Lipinski definition) is 8. The van der Waals surface area contributed by atoms with E-state index in [0.29, 0.717) is 38.1 Å². The number of pyridine rings is 1. The van der Waals surface area contributed by atoms with Gasteiger partial charge >= 0.3 is 6.16 Å². The van der Waals surface area contributed by atoms with E-state index in [1.165, 1.54) is 19.1 Å². The standard InChI is InChI=1S/C27H29ClFN3O8/c1-13(2)38-27(36)40-14(3)39-23-21-25(35)31-10-5-11-37-26(31)18-9-8-17(32(18)21)19(22(23)33)24(34)30-12-15-6-4-7-16(28)20(15)29/h4,6-7,13-14,18,26H,5,8-12H2,1-3H3,(H,30,34)/t14?,18-,26+/m1/s1. The monoisotopic (exact) mass is 577 g/mol. The number of halogens is 2. The first-order valence-electron chi connectivity index (χ1n) is 13.1. The zero-order chi connectivity index (χ0) is 28.7. The Morgan fingerprint density at radius 2 is 2.00 bits per heavy atom. The molecule has 0 radical (unpaired) electrons. The van der Waals surface area contributed by atoms with Crippen molar-refractivity contribution in [1.82, 2.24) is 14.8 Å². The molecule has 40 heavy (non-hydrogen) atoms. The van der Waals surface area contributed by atoms with Crippen LogP contribution in [0.3, 0.4) is 0 Å². The maximum atomic E-state index is 14.4. The number of nitrogens with zero attached hydrogens (tertiary/aromatic N) is 2. The minimum absolute atomic E-state index is 0.0330. The lowest BCUT2D eigenvalue weighted by Crippen LogP contribution is -2.55. The van der Waals surface area contributed by atoms with E-state index in [9.17, 15) is 23.6 Å². The number of aromatic nitrogens is 1. The first-order valence-corrected chi connectivity index (χ1v) is 13.4. The molecule has 2 aromatic rings. The van der Waals surface area contributed by atoms with Gasteiger partial charge in [0.05, 0.1) is 23.8 Å². The molecule has 0 bridgehead atoms. The van der Waals surface area contributed by atoms with Crippen LogP contribution in [0.1, 0.15) is 71.8 Å². The third-order valence-electron chi connectivity index (χ3n) is 6.98. The first-order chi connectivity index (χ1) is 19.1. The molecule has 5 rings (SSSR count). The van der Waals surface area contributed by atoms with Crippen LogP contribution >= 0.6 is 11.6 Å². The second-order valence-electron chi connectivity index (χ2n) is 10.0. The Morgan fingerprint density at radius 3 is 2.75 bits per heavy atom. The molecule has 4 heterocycles. The van der Waals surface area contributed by atoms with Gasteiger partial charge in [-0.2, -0.15) is 0 Å². The van der Waals surface area contributed by atoms with Gasteiger partial charge in [0.25, 0.3) is 11.8 Å². The maximum Gasteiger partial charge on any atom is 0.511 e. The van der Waals surface area contributed by atoms with Crippen LogP contribution in [0.5, 0.6) is 5.75 Å². The van der Waals surface area contributed by atoms with Gasteiger partial charge in [0.1, 0.15) is 11.4 Å². The number of hydrogen-bond donors (Lipinski definition) is 1. The van der Waals surface area contributed by atoms with E-state index in [1.54, 1.807) is 29.4 Å². The molecule has 11 nitrogen and oxygen atoms in total. The van der Waals surface area contributed by atoms with Crippen molar-refractivity contribution in [2.45, 2.75) is 71.2 Å².